The SMILES string of the molecule is C/C=C/C(=O)N1CCCC(C)(C)C1C(=O)O. The number of amides is 1. The van der Waals surface area contributed by atoms with Gasteiger partial charge in [-0.1, -0.05) is 19.9 Å². The molecule has 0 bridgehead atoms. The molecule has 1 rings (SSSR count). The van der Waals surface area contributed by atoms with Crippen molar-refractivity contribution in [3.8, 4) is 0 Å². The van der Waals surface area contributed by atoms with E-state index in [1.54, 1.807) is 13.0 Å². The Morgan fingerprint density at radius 1 is 1.44 bits per heavy atom. The Labute approximate surface area is 95.9 Å². The third kappa shape index (κ3) is 2.43. The molecule has 1 amide bonds. The van der Waals surface area contributed by atoms with Crippen molar-refractivity contribution in [2.75, 3.05) is 6.54 Å². The third-order valence-corrected chi connectivity index (χ3v) is 3.10. The quantitative estimate of drug-likeness (QED) is 0.727. The highest BCUT2D eigenvalue weighted by atomic mass is 16.4. The van der Waals surface area contributed by atoms with Crippen LogP contribution in [0.1, 0.15) is 33.6 Å². The van der Waals surface area contributed by atoms with Crippen LogP contribution in [0.4, 0.5) is 0 Å². The van der Waals surface area contributed by atoms with Gasteiger partial charge < -0.3 is 10.0 Å². The number of aliphatic carboxylic acids is 1. The molecular weight excluding hydrogens is 206 g/mol. The van der Waals surface area contributed by atoms with Gasteiger partial charge >= 0.3 is 5.97 Å². The van der Waals surface area contributed by atoms with E-state index in [9.17, 15) is 14.7 Å². The number of nitrogens with zero attached hydrogens (tertiary/aromatic N) is 1. The molecule has 0 spiro atoms. The summed E-state index contributed by atoms with van der Waals surface area (Å²) in [6.45, 7) is 6.09. The number of carboxylic acid groups (broad SMARTS) is 1. The Morgan fingerprint density at radius 2 is 2.06 bits per heavy atom. The molecule has 1 fully saturated rings. The van der Waals surface area contributed by atoms with Crippen molar-refractivity contribution in [3.63, 3.8) is 0 Å². The molecule has 1 saturated heterocycles. The maximum absolute atomic E-state index is 11.8. The summed E-state index contributed by atoms with van der Waals surface area (Å²) in [4.78, 5) is 24.5. The number of hydrogen-bond donors (Lipinski definition) is 1. The number of hydrogen-bond acceptors (Lipinski definition) is 2. The van der Waals surface area contributed by atoms with Gasteiger partial charge in [0.25, 0.3) is 0 Å². The molecule has 1 N–H and O–H groups in total. The minimum absolute atomic E-state index is 0.206. The smallest absolute Gasteiger partial charge is 0.326 e. The standard InChI is InChI=1S/C12H19NO3/c1-4-6-9(14)13-8-5-7-12(2,3)10(13)11(15)16/h4,6,10H,5,7-8H2,1-3H3,(H,15,16)/b6-4+. The molecular formula is C12H19NO3. The van der Waals surface area contributed by atoms with E-state index in [1.807, 2.05) is 13.8 Å². The van der Waals surface area contributed by atoms with Crippen LogP contribution >= 0.6 is 0 Å². The van der Waals surface area contributed by atoms with Gasteiger partial charge in [0, 0.05) is 6.54 Å². The fourth-order valence-electron chi connectivity index (χ4n) is 2.34. The van der Waals surface area contributed by atoms with Crippen LogP contribution in [0.2, 0.25) is 0 Å². The predicted molar refractivity (Wildman–Crippen MR) is 61.0 cm³/mol. The van der Waals surface area contributed by atoms with Gasteiger partial charge in [-0.05, 0) is 31.3 Å². The lowest BCUT2D eigenvalue weighted by atomic mass is 9.76. The van der Waals surface area contributed by atoms with E-state index in [1.165, 1.54) is 11.0 Å². The minimum atomic E-state index is -0.914. The van der Waals surface area contributed by atoms with E-state index in [4.69, 9.17) is 0 Å². The van der Waals surface area contributed by atoms with Gasteiger partial charge in [-0.3, -0.25) is 4.79 Å². The van der Waals surface area contributed by atoms with Gasteiger partial charge in [-0.15, -0.1) is 0 Å². The summed E-state index contributed by atoms with van der Waals surface area (Å²) in [5.41, 5.74) is -0.360. The van der Waals surface area contributed by atoms with Crippen LogP contribution in [0.5, 0.6) is 0 Å². The van der Waals surface area contributed by atoms with Gasteiger partial charge in [0.05, 0.1) is 0 Å². The van der Waals surface area contributed by atoms with E-state index in [2.05, 4.69) is 0 Å². The first-order valence-electron chi connectivity index (χ1n) is 5.56. The maximum Gasteiger partial charge on any atom is 0.326 e. The van der Waals surface area contributed by atoms with Crippen LogP contribution in [0.3, 0.4) is 0 Å². The lowest BCUT2D eigenvalue weighted by Gasteiger charge is -2.43. The first-order chi connectivity index (χ1) is 7.40. The summed E-state index contributed by atoms with van der Waals surface area (Å²) < 4.78 is 0. The largest absolute Gasteiger partial charge is 0.480 e. The first kappa shape index (κ1) is 12.7. The van der Waals surface area contributed by atoms with E-state index >= 15 is 0 Å². The molecule has 90 valence electrons. The number of likely N-dealkylation sites (tertiary alicyclic amines) is 1. The number of carbonyl (C=O) groups excluding carboxylic acids is 1. The van der Waals surface area contributed by atoms with Gasteiger partial charge in [0.1, 0.15) is 6.04 Å². The van der Waals surface area contributed by atoms with E-state index in [0.717, 1.165) is 12.8 Å². The van der Waals surface area contributed by atoms with Gasteiger partial charge in [0.15, 0.2) is 0 Å². The molecule has 0 aliphatic carbocycles. The van der Waals surface area contributed by atoms with Crippen molar-refractivity contribution < 1.29 is 14.7 Å². The van der Waals surface area contributed by atoms with Crippen LogP contribution in [0.15, 0.2) is 12.2 Å². The van der Waals surface area contributed by atoms with Crippen molar-refractivity contribution in [1.82, 2.24) is 4.90 Å². The predicted octanol–water partition coefficient (Wildman–Crippen LogP) is 1.66. The molecule has 0 aromatic rings. The van der Waals surface area contributed by atoms with E-state index < -0.39 is 12.0 Å². The molecule has 1 atom stereocenters. The molecule has 1 heterocycles. The van der Waals surface area contributed by atoms with Crippen LogP contribution in [-0.2, 0) is 9.59 Å². The average Bonchev–Trinajstić information content (AvgIpc) is 2.15. The summed E-state index contributed by atoms with van der Waals surface area (Å²) in [7, 11) is 0. The zero-order valence-corrected chi connectivity index (χ0v) is 10.1. The highest BCUT2D eigenvalue weighted by molar-refractivity contribution is 5.91. The summed E-state index contributed by atoms with van der Waals surface area (Å²) in [5, 5.41) is 9.24. The van der Waals surface area contributed by atoms with Crippen molar-refractivity contribution in [1.29, 1.82) is 0 Å². The van der Waals surface area contributed by atoms with Crippen molar-refractivity contribution in [2.24, 2.45) is 5.41 Å². The number of allylic oxidation sites excluding steroid dienone is 1. The van der Waals surface area contributed by atoms with Crippen LogP contribution in [0.25, 0.3) is 0 Å². The van der Waals surface area contributed by atoms with Gasteiger partial charge in [0.2, 0.25) is 5.91 Å². The van der Waals surface area contributed by atoms with Gasteiger partial charge in [-0.25, -0.2) is 4.79 Å². The summed E-state index contributed by atoms with van der Waals surface area (Å²) in [6.07, 6.45) is 4.77. The number of carboxylic acids is 1. The third-order valence-electron chi connectivity index (χ3n) is 3.10. The Morgan fingerprint density at radius 3 is 2.56 bits per heavy atom. The van der Waals surface area contributed by atoms with E-state index in [0.29, 0.717) is 6.54 Å². The molecule has 0 saturated carbocycles. The molecule has 4 heteroatoms. The number of rotatable bonds is 2. The lowest BCUT2D eigenvalue weighted by molar-refractivity contribution is -0.156. The van der Waals surface area contributed by atoms with Gasteiger partial charge in [-0.2, -0.15) is 0 Å². The number of piperidine rings is 1. The fourth-order valence-corrected chi connectivity index (χ4v) is 2.34. The second-order valence-corrected chi connectivity index (χ2v) is 4.86. The molecule has 1 unspecified atom stereocenters. The average molecular weight is 225 g/mol. The van der Waals surface area contributed by atoms with Crippen LogP contribution in [0, 0.1) is 5.41 Å². The summed E-state index contributed by atoms with van der Waals surface area (Å²) in [6, 6.07) is -0.718. The molecule has 0 aromatic heterocycles. The van der Waals surface area contributed by atoms with Crippen molar-refractivity contribution in [3.05, 3.63) is 12.2 Å². The molecule has 4 nitrogen and oxygen atoms in total. The molecule has 0 radical (unpaired) electrons. The second kappa shape index (κ2) is 4.68. The number of carbonyl (C=O) groups is 2. The summed E-state index contributed by atoms with van der Waals surface area (Å²) >= 11 is 0. The van der Waals surface area contributed by atoms with Crippen LogP contribution in [-0.4, -0.2) is 34.5 Å². The lowest BCUT2D eigenvalue weighted by Crippen LogP contribution is -2.55. The van der Waals surface area contributed by atoms with Crippen LogP contribution < -0.4 is 0 Å². The normalized spacial score (nSPS) is 24.7. The zero-order valence-electron chi connectivity index (χ0n) is 10.1. The monoisotopic (exact) mass is 225 g/mol. The van der Waals surface area contributed by atoms with Crippen molar-refractivity contribution >= 4 is 11.9 Å². The molecule has 1 aliphatic heterocycles. The fraction of sp³-hybridized carbons (Fsp3) is 0.667. The molecule has 0 aromatic carbocycles. The Balaban J connectivity index is 2.98. The molecule has 1 aliphatic rings. The molecule has 16 heavy (non-hydrogen) atoms. The Bertz CT molecular complexity index is 320. The second-order valence-electron chi connectivity index (χ2n) is 4.86. The van der Waals surface area contributed by atoms with E-state index in [-0.39, 0.29) is 11.3 Å². The topological polar surface area (TPSA) is 57.6 Å². The highest BCUT2D eigenvalue weighted by Crippen LogP contribution is 2.35. The highest BCUT2D eigenvalue weighted by Gasteiger charge is 2.43. The summed E-state index contributed by atoms with van der Waals surface area (Å²) in [5.74, 6) is -1.12. The maximum atomic E-state index is 11.8. The van der Waals surface area contributed by atoms with Crippen molar-refractivity contribution in [2.45, 2.75) is 39.7 Å². The minimum Gasteiger partial charge on any atom is -0.480 e. The first-order valence-corrected chi connectivity index (χ1v) is 5.56. The Kier molecular flexibility index (Phi) is 3.73. The Hall–Kier alpha value is -1.32. The zero-order chi connectivity index (χ0) is 12.3.